The molecule has 2 heterocycles. The van der Waals surface area contributed by atoms with Crippen molar-refractivity contribution < 1.29 is 4.79 Å². The number of aromatic nitrogens is 1. The number of hydrogen-bond acceptors (Lipinski definition) is 4. The number of rotatable bonds is 3. The fraction of sp³-hybridized carbons (Fsp3) is 0.500. The summed E-state index contributed by atoms with van der Waals surface area (Å²) in [5.41, 5.74) is 0.697. The molecule has 1 aromatic heterocycles. The van der Waals surface area contributed by atoms with Crippen LogP contribution in [0.5, 0.6) is 0 Å². The van der Waals surface area contributed by atoms with E-state index in [1.807, 2.05) is 6.07 Å². The minimum Gasteiger partial charge on any atom is -0.354 e. The van der Waals surface area contributed by atoms with Gasteiger partial charge in [0.15, 0.2) is 0 Å². The van der Waals surface area contributed by atoms with Crippen molar-refractivity contribution in [2.45, 2.75) is 6.92 Å². The molecule has 1 aliphatic rings. The summed E-state index contributed by atoms with van der Waals surface area (Å²) in [6.45, 7) is 7.41. The van der Waals surface area contributed by atoms with Crippen molar-refractivity contribution in [3.05, 3.63) is 23.9 Å². The van der Waals surface area contributed by atoms with Crippen LogP contribution < -0.4 is 4.90 Å². The molecule has 2 rings (SSSR count). The average Bonchev–Trinajstić information content (AvgIpc) is 2.39. The summed E-state index contributed by atoms with van der Waals surface area (Å²) in [6, 6.07) is 3.59. The first-order valence-electron chi connectivity index (χ1n) is 5.72. The quantitative estimate of drug-likeness (QED) is 0.712. The Hall–Kier alpha value is -1.42. The summed E-state index contributed by atoms with van der Waals surface area (Å²) < 4.78 is 0. The van der Waals surface area contributed by atoms with Crippen LogP contribution in [0.15, 0.2) is 18.3 Å². The minimum atomic E-state index is 0.697. The molecule has 86 valence electrons. The molecule has 4 nitrogen and oxygen atoms in total. The molecule has 0 atom stereocenters. The number of pyridine rings is 1. The lowest BCUT2D eigenvalue weighted by Crippen LogP contribution is -2.46. The first-order chi connectivity index (χ1) is 7.83. The molecule has 0 spiro atoms. The zero-order valence-electron chi connectivity index (χ0n) is 9.59. The minimum absolute atomic E-state index is 0.697. The van der Waals surface area contributed by atoms with Gasteiger partial charge in [0.1, 0.15) is 12.1 Å². The highest BCUT2D eigenvalue weighted by atomic mass is 16.1. The Morgan fingerprint density at radius 2 is 2.12 bits per heavy atom. The number of likely N-dealkylation sites (N-methyl/N-ethyl adjacent to an activating group) is 1. The van der Waals surface area contributed by atoms with Crippen molar-refractivity contribution >= 4 is 12.1 Å². The maximum atomic E-state index is 10.7. The van der Waals surface area contributed by atoms with Gasteiger partial charge in [0.2, 0.25) is 0 Å². The van der Waals surface area contributed by atoms with Gasteiger partial charge in [-0.15, -0.1) is 0 Å². The molecule has 4 heteroatoms. The van der Waals surface area contributed by atoms with Crippen LogP contribution in [0.4, 0.5) is 5.82 Å². The Bertz CT molecular complexity index is 359. The lowest BCUT2D eigenvalue weighted by Gasteiger charge is -2.34. The molecule has 0 aliphatic carbocycles. The third-order valence-corrected chi connectivity index (χ3v) is 3.05. The number of carbonyl (C=O) groups is 1. The summed E-state index contributed by atoms with van der Waals surface area (Å²) in [6.07, 6.45) is 2.57. The Morgan fingerprint density at radius 1 is 1.38 bits per heavy atom. The highest BCUT2D eigenvalue weighted by molar-refractivity contribution is 5.76. The molecule has 16 heavy (non-hydrogen) atoms. The smallest absolute Gasteiger partial charge is 0.150 e. The molecule has 1 fully saturated rings. The summed E-state index contributed by atoms with van der Waals surface area (Å²) in [4.78, 5) is 19.6. The van der Waals surface area contributed by atoms with Gasteiger partial charge in [0, 0.05) is 37.9 Å². The topological polar surface area (TPSA) is 36.4 Å². The number of hydrogen-bond donors (Lipinski definition) is 0. The Morgan fingerprint density at radius 3 is 2.75 bits per heavy atom. The Labute approximate surface area is 95.9 Å². The molecule has 0 saturated carbocycles. The van der Waals surface area contributed by atoms with Gasteiger partial charge < -0.3 is 9.80 Å². The van der Waals surface area contributed by atoms with E-state index in [9.17, 15) is 4.79 Å². The predicted octanol–water partition coefficient (Wildman–Crippen LogP) is 1.04. The van der Waals surface area contributed by atoms with E-state index in [4.69, 9.17) is 0 Å². The Balaban J connectivity index is 2.05. The molecule has 0 N–H and O–H groups in total. The highest BCUT2D eigenvalue weighted by Crippen LogP contribution is 2.14. The van der Waals surface area contributed by atoms with Crippen LogP contribution in [0, 0.1) is 0 Å². The van der Waals surface area contributed by atoms with E-state index in [1.165, 1.54) is 0 Å². The second-order valence-corrected chi connectivity index (χ2v) is 3.99. The van der Waals surface area contributed by atoms with E-state index in [0.717, 1.165) is 44.8 Å². The third kappa shape index (κ3) is 2.39. The van der Waals surface area contributed by atoms with Gasteiger partial charge in [0.25, 0.3) is 0 Å². The van der Waals surface area contributed by atoms with Crippen molar-refractivity contribution in [2.24, 2.45) is 0 Å². The summed E-state index contributed by atoms with van der Waals surface area (Å²) in [7, 11) is 0. The first-order valence-corrected chi connectivity index (χ1v) is 5.72. The fourth-order valence-electron chi connectivity index (χ4n) is 1.97. The van der Waals surface area contributed by atoms with Crippen molar-refractivity contribution in [1.29, 1.82) is 0 Å². The van der Waals surface area contributed by atoms with Gasteiger partial charge in [-0.1, -0.05) is 6.92 Å². The molecular formula is C12H17N3O. The second-order valence-electron chi connectivity index (χ2n) is 3.99. The highest BCUT2D eigenvalue weighted by Gasteiger charge is 2.16. The molecule has 1 aromatic rings. The molecular weight excluding hydrogens is 202 g/mol. The van der Waals surface area contributed by atoms with Crippen molar-refractivity contribution in [3.8, 4) is 0 Å². The number of anilines is 1. The SMILES string of the molecule is CCN1CCN(c2cc(C=O)ccn2)CC1. The van der Waals surface area contributed by atoms with E-state index in [2.05, 4.69) is 21.7 Å². The lowest BCUT2D eigenvalue weighted by molar-refractivity contribution is 0.112. The van der Waals surface area contributed by atoms with Crippen LogP contribution in [0.25, 0.3) is 0 Å². The standard InChI is InChI=1S/C12H17N3O/c1-2-14-5-7-15(8-6-14)12-9-11(10-16)3-4-13-12/h3-4,9-10H,2,5-8H2,1H3. The van der Waals surface area contributed by atoms with E-state index in [0.29, 0.717) is 5.56 Å². The molecule has 0 aromatic carbocycles. The zero-order valence-corrected chi connectivity index (χ0v) is 9.59. The number of piperazine rings is 1. The largest absolute Gasteiger partial charge is 0.354 e. The van der Waals surface area contributed by atoms with Gasteiger partial charge >= 0.3 is 0 Å². The van der Waals surface area contributed by atoms with Gasteiger partial charge in [-0.05, 0) is 18.7 Å². The second kappa shape index (κ2) is 5.07. The summed E-state index contributed by atoms with van der Waals surface area (Å²) in [5, 5.41) is 0. The van der Waals surface area contributed by atoms with Crippen LogP contribution >= 0.6 is 0 Å². The summed E-state index contributed by atoms with van der Waals surface area (Å²) >= 11 is 0. The van der Waals surface area contributed by atoms with Crippen molar-refractivity contribution in [2.75, 3.05) is 37.6 Å². The van der Waals surface area contributed by atoms with Gasteiger partial charge in [-0.3, -0.25) is 4.79 Å². The van der Waals surface area contributed by atoms with Gasteiger partial charge in [0.05, 0.1) is 0 Å². The number of aldehydes is 1. The Kier molecular flexibility index (Phi) is 3.51. The maximum Gasteiger partial charge on any atom is 0.150 e. The molecule has 0 bridgehead atoms. The van der Waals surface area contributed by atoms with Crippen LogP contribution in [-0.4, -0.2) is 48.9 Å². The van der Waals surface area contributed by atoms with E-state index < -0.39 is 0 Å². The lowest BCUT2D eigenvalue weighted by atomic mass is 10.2. The van der Waals surface area contributed by atoms with Crippen molar-refractivity contribution in [3.63, 3.8) is 0 Å². The zero-order chi connectivity index (χ0) is 11.4. The first kappa shape index (κ1) is 11.1. The monoisotopic (exact) mass is 219 g/mol. The van der Waals surface area contributed by atoms with Crippen molar-refractivity contribution in [1.82, 2.24) is 9.88 Å². The molecule has 1 saturated heterocycles. The van der Waals surface area contributed by atoms with Crippen LogP contribution in [-0.2, 0) is 0 Å². The normalized spacial score (nSPS) is 17.4. The number of carbonyl (C=O) groups excluding carboxylic acids is 1. The van der Waals surface area contributed by atoms with E-state index >= 15 is 0 Å². The van der Waals surface area contributed by atoms with Gasteiger partial charge in [-0.25, -0.2) is 4.98 Å². The van der Waals surface area contributed by atoms with Crippen LogP contribution in [0.1, 0.15) is 17.3 Å². The third-order valence-electron chi connectivity index (χ3n) is 3.05. The average molecular weight is 219 g/mol. The molecule has 0 unspecified atom stereocenters. The fourth-order valence-corrected chi connectivity index (χ4v) is 1.97. The van der Waals surface area contributed by atoms with Crippen LogP contribution in [0.2, 0.25) is 0 Å². The number of nitrogens with zero attached hydrogens (tertiary/aromatic N) is 3. The van der Waals surface area contributed by atoms with Gasteiger partial charge in [-0.2, -0.15) is 0 Å². The van der Waals surface area contributed by atoms with E-state index in [-0.39, 0.29) is 0 Å². The molecule has 0 radical (unpaired) electrons. The maximum absolute atomic E-state index is 10.7. The van der Waals surface area contributed by atoms with Crippen LogP contribution in [0.3, 0.4) is 0 Å². The predicted molar refractivity (Wildman–Crippen MR) is 64.0 cm³/mol. The van der Waals surface area contributed by atoms with E-state index in [1.54, 1.807) is 12.3 Å². The molecule has 0 amide bonds. The summed E-state index contributed by atoms with van der Waals surface area (Å²) in [5.74, 6) is 0.917. The molecule has 1 aliphatic heterocycles.